The van der Waals surface area contributed by atoms with Crippen LogP contribution >= 0.6 is 0 Å². The predicted octanol–water partition coefficient (Wildman–Crippen LogP) is 3.63. The Hall–Kier alpha value is -3.35. The fourth-order valence-electron chi connectivity index (χ4n) is 4.06. The van der Waals surface area contributed by atoms with E-state index in [1.807, 2.05) is 61.2 Å². The highest BCUT2D eigenvalue weighted by molar-refractivity contribution is 5.87. The van der Waals surface area contributed by atoms with Gasteiger partial charge in [-0.15, -0.1) is 0 Å². The van der Waals surface area contributed by atoms with Crippen molar-refractivity contribution in [2.45, 2.75) is 39.3 Å². The van der Waals surface area contributed by atoms with Crippen molar-refractivity contribution in [3.8, 4) is 11.5 Å². The number of ether oxygens (including phenoxy) is 2. The summed E-state index contributed by atoms with van der Waals surface area (Å²) in [7, 11) is 1.64. The second-order valence-electron chi connectivity index (χ2n) is 7.60. The number of hydrogen-bond donors (Lipinski definition) is 1. The first-order chi connectivity index (χ1) is 15.1. The van der Waals surface area contributed by atoms with Gasteiger partial charge in [0.15, 0.2) is 0 Å². The molecule has 1 saturated heterocycles. The van der Waals surface area contributed by atoms with Crippen molar-refractivity contribution in [2.24, 2.45) is 0 Å². The van der Waals surface area contributed by atoms with Crippen molar-refractivity contribution in [3.05, 3.63) is 53.7 Å². The molecule has 1 N–H and O–H groups in total. The number of carbonyl (C=O) groups is 1. The average Bonchev–Trinajstić information content (AvgIpc) is 3.28. The molecule has 2 heterocycles. The average molecular weight is 421 g/mol. The minimum atomic E-state index is -0.283. The topological polar surface area (TPSA) is 76.6 Å². The molecule has 1 fully saturated rings. The van der Waals surface area contributed by atoms with Gasteiger partial charge in [0.2, 0.25) is 11.9 Å². The van der Waals surface area contributed by atoms with Crippen molar-refractivity contribution in [3.63, 3.8) is 0 Å². The van der Waals surface area contributed by atoms with Crippen molar-refractivity contribution >= 4 is 22.8 Å². The summed E-state index contributed by atoms with van der Waals surface area (Å²) in [6, 6.07) is 13.3. The van der Waals surface area contributed by atoms with Gasteiger partial charge in [-0.2, -0.15) is 0 Å². The molecule has 4 rings (SSSR count). The fourth-order valence-corrected chi connectivity index (χ4v) is 4.06. The monoisotopic (exact) mass is 420 g/mol. The number of para-hydroxylation sites is 1. The van der Waals surface area contributed by atoms with Crippen LogP contribution in [0, 0.1) is 6.92 Å². The maximum absolute atomic E-state index is 13.0. The van der Waals surface area contributed by atoms with Crippen molar-refractivity contribution in [1.82, 2.24) is 15.3 Å². The van der Waals surface area contributed by atoms with Gasteiger partial charge >= 0.3 is 0 Å². The molecule has 7 heteroatoms. The number of nitrogens with one attached hydrogen (secondary N) is 1. The molecule has 2 aromatic carbocycles. The van der Waals surface area contributed by atoms with Gasteiger partial charge < -0.3 is 19.7 Å². The number of aromatic nitrogens is 2. The van der Waals surface area contributed by atoms with Gasteiger partial charge in [-0.1, -0.05) is 18.2 Å². The lowest BCUT2D eigenvalue weighted by Crippen LogP contribution is -2.43. The molecule has 1 unspecified atom stereocenters. The molecule has 1 aromatic heterocycles. The Kier molecular flexibility index (Phi) is 6.21. The van der Waals surface area contributed by atoms with Crippen molar-refractivity contribution in [1.29, 1.82) is 0 Å². The molecule has 3 aromatic rings. The van der Waals surface area contributed by atoms with E-state index in [2.05, 4.69) is 5.32 Å². The summed E-state index contributed by atoms with van der Waals surface area (Å²) >= 11 is 0. The number of carbonyl (C=O) groups excluding carboxylic acids is 1. The first kappa shape index (κ1) is 20.9. The third-order valence-corrected chi connectivity index (χ3v) is 5.61. The number of rotatable bonds is 7. The maximum atomic E-state index is 13.0. The third kappa shape index (κ3) is 4.40. The molecule has 1 aliphatic heterocycles. The van der Waals surface area contributed by atoms with E-state index < -0.39 is 0 Å². The Morgan fingerprint density at radius 3 is 2.87 bits per heavy atom. The summed E-state index contributed by atoms with van der Waals surface area (Å²) in [4.78, 5) is 24.5. The SMILES string of the molecule is CCOc1ccc2nc(N3CCCC3C(=O)NCc3ccccc3OC)nc(C)c2c1. The lowest BCUT2D eigenvalue weighted by molar-refractivity contribution is -0.122. The largest absolute Gasteiger partial charge is 0.496 e. The Morgan fingerprint density at radius 2 is 2.06 bits per heavy atom. The van der Waals surface area contributed by atoms with E-state index in [9.17, 15) is 4.79 Å². The van der Waals surface area contributed by atoms with Crippen LogP contribution in [0.2, 0.25) is 0 Å². The molecule has 1 amide bonds. The number of anilines is 1. The fraction of sp³-hybridized carbons (Fsp3) is 0.375. The van der Waals surface area contributed by atoms with Crippen LogP contribution < -0.4 is 19.7 Å². The van der Waals surface area contributed by atoms with Gasteiger partial charge in [0.1, 0.15) is 17.5 Å². The van der Waals surface area contributed by atoms with Crippen LogP contribution in [0.15, 0.2) is 42.5 Å². The number of fused-ring (bicyclic) bond motifs is 1. The Labute approximate surface area is 182 Å². The molecule has 162 valence electrons. The minimum absolute atomic E-state index is 0.0172. The van der Waals surface area contributed by atoms with E-state index in [0.717, 1.165) is 53.0 Å². The summed E-state index contributed by atoms with van der Waals surface area (Å²) in [6.45, 7) is 5.72. The van der Waals surface area contributed by atoms with Crippen molar-refractivity contribution in [2.75, 3.05) is 25.2 Å². The lowest BCUT2D eigenvalue weighted by atomic mass is 10.1. The second-order valence-corrected chi connectivity index (χ2v) is 7.60. The molecule has 0 saturated carbocycles. The molecule has 1 atom stereocenters. The molecule has 1 aliphatic rings. The van der Waals surface area contributed by atoms with Crippen LogP contribution in [0.4, 0.5) is 5.95 Å². The second kappa shape index (κ2) is 9.20. The molecule has 0 spiro atoms. The van der Waals surface area contributed by atoms with E-state index in [1.165, 1.54) is 0 Å². The Bertz CT molecular complexity index is 1090. The quantitative estimate of drug-likeness (QED) is 0.629. The Morgan fingerprint density at radius 1 is 1.23 bits per heavy atom. The molecular weight excluding hydrogens is 392 g/mol. The van der Waals surface area contributed by atoms with Gasteiger partial charge in [-0.25, -0.2) is 9.97 Å². The molecule has 7 nitrogen and oxygen atoms in total. The highest BCUT2D eigenvalue weighted by atomic mass is 16.5. The summed E-state index contributed by atoms with van der Waals surface area (Å²) in [5.74, 6) is 2.16. The Balaban J connectivity index is 1.53. The normalized spacial score (nSPS) is 15.8. The number of methoxy groups -OCH3 is 1. The van der Waals surface area contributed by atoms with Crippen LogP contribution in [0.1, 0.15) is 31.0 Å². The van der Waals surface area contributed by atoms with Crippen molar-refractivity contribution < 1.29 is 14.3 Å². The van der Waals surface area contributed by atoms with E-state index in [0.29, 0.717) is 19.1 Å². The van der Waals surface area contributed by atoms with E-state index in [4.69, 9.17) is 19.4 Å². The lowest BCUT2D eigenvalue weighted by Gasteiger charge is -2.24. The predicted molar refractivity (Wildman–Crippen MR) is 121 cm³/mol. The first-order valence-corrected chi connectivity index (χ1v) is 10.7. The van der Waals surface area contributed by atoms with Crippen LogP contribution in [-0.2, 0) is 11.3 Å². The highest BCUT2D eigenvalue weighted by Crippen LogP contribution is 2.28. The molecule has 0 bridgehead atoms. The van der Waals surface area contributed by atoms with E-state index in [1.54, 1.807) is 7.11 Å². The van der Waals surface area contributed by atoms with E-state index >= 15 is 0 Å². The van der Waals surface area contributed by atoms with Crippen LogP contribution in [0.5, 0.6) is 11.5 Å². The summed E-state index contributed by atoms with van der Waals surface area (Å²) in [6.07, 6.45) is 1.71. The van der Waals surface area contributed by atoms with Gasteiger partial charge in [0.25, 0.3) is 0 Å². The van der Waals surface area contributed by atoms with Gasteiger partial charge in [0.05, 0.1) is 24.9 Å². The van der Waals surface area contributed by atoms with Crippen LogP contribution in [-0.4, -0.2) is 42.2 Å². The summed E-state index contributed by atoms with van der Waals surface area (Å²) < 4.78 is 11.0. The van der Waals surface area contributed by atoms with Gasteiger partial charge in [0, 0.05) is 24.0 Å². The summed E-state index contributed by atoms with van der Waals surface area (Å²) in [5, 5.41) is 4.02. The zero-order chi connectivity index (χ0) is 21.8. The zero-order valence-electron chi connectivity index (χ0n) is 18.2. The highest BCUT2D eigenvalue weighted by Gasteiger charge is 2.32. The third-order valence-electron chi connectivity index (χ3n) is 5.61. The zero-order valence-corrected chi connectivity index (χ0v) is 18.2. The van der Waals surface area contributed by atoms with Gasteiger partial charge in [-0.05, 0) is 51.0 Å². The number of amides is 1. The van der Waals surface area contributed by atoms with Crippen LogP contribution in [0.25, 0.3) is 10.9 Å². The number of hydrogen-bond acceptors (Lipinski definition) is 6. The molecule has 0 radical (unpaired) electrons. The number of nitrogens with zero attached hydrogens (tertiary/aromatic N) is 3. The number of aryl methyl sites for hydroxylation is 1. The van der Waals surface area contributed by atoms with Crippen LogP contribution in [0.3, 0.4) is 0 Å². The number of benzene rings is 2. The minimum Gasteiger partial charge on any atom is -0.496 e. The van der Waals surface area contributed by atoms with Gasteiger partial charge in [-0.3, -0.25) is 4.79 Å². The molecule has 0 aliphatic carbocycles. The smallest absolute Gasteiger partial charge is 0.243 e. The molecule has 31 heavy (non-hydrogen) atoms. The van der Waals surface area contributed by atoms with E-state index in [-0.39, 0.29) is 11.9 Å². The standard InChI is InChI=1S/C24H28N4O3/c1-4-31-18-11-12-20-19(14-18)16(2)26-24(27-20)28-13-7-9-21(28)23(29)25-15-17-8-5-6-10-22(17)30-3/h5-6,8,10-12,14,21H,4,7,9,13,15H2,1-3H3,(H,25,29). The summed E-state index contributed by atoms with van der Waals surface area (Å²) in [5.41, 5.74) is 2.68. The first-order valence-electron chi connectivity index (χ1n) is 10.7. The molecular formula is C24H28N4O3. The maximum Gasteiger partial charge on any atom is 0.243 e.